The van der Waals surface area contributed by atoms with Gasteiger partial charge in [0.2, 0.25) is 0 Å². The maximum atomic E-state index is 2.53. The maximum Gasteiger partial charge on any atom is 0.252 e. The molecular weight excluding hydrogens is 1240 g/mol. The van der Waals surface area contributed by atoms with Gasteiger partial charge in [-0.1, -0.05) is 230 Å². The number of hydrogen-bond donors (Lipinski definition) is 0. The fraction of sp³-hybridized carbons (Fsp3) is 0.0625. The summed E-state index contributed by atoms with van der Waals surface area (Å²) in [6.45, 7) is 13.5. The molecule has 0 bridgehead atoms. The monoisotopic (exact) mass is 1320 g/mol. The molecule has 16 aromatic rings. The molecule has 0 unspecified atom stereocenters. The van der Waals surface area contributed by atoms with E-state index in [1.54, 1.807) is 0 Å². The Balaban J connectivity index is 0.000000144. The van der Waals surface area contributed by atoms with Crippen LogP contribution in [0.1, 0.15) is 33.4 Å². The van der Waals surface area contributed by atoms with Gasteiger partial charge in [0, 0.05) is 84.7 Å². The van der Waals surface area contributed by atoms with Gasteiger partial charge in [-0.05, 0) is 245 Å². The third-order valence-corrected chi connectivity index (χ3v) is 21.9. The largest absolute Gasteiger partial charge is 0.311 e. The Kier molecular flexibility index (Phi) is 14.7. The number of aromatic nitrogens is 1. The highest BCUT2D eigenvalue weighted by Crippen LogP contribution is 2.50. The van der Waals surface area contributed by atoms with E-state index in [-0.39, 0.29) is 13.4 Å². The smallest absolute Gasteiger partial charge is 0.252 e. The molecule has 4 aliphatic rings. The van der Waals surface area contributed by atoms with Gasteiger partial charge in [-0.15, -0.1) is 0 Å². The average Bonchev–Trinajstić information content (AvgIpc) is 1.13. The van der Waals surface area contributed by atoms with Gasteiger partial charge in [0.25, 0.3) is 13.4 Å². The SMILES string of the molecule is Cc1cc(C)c(-c2cc3c4c(c2)N(c2ccccc2)c2cc(-n5c6ccccc6c6ccccc65)ccc2B4c2ccccc2N3c2ccccc2)c(C)c1.Cc1cc(C)c(-c2cc3c4c(c2)N(c2ccccc2)c2ccc(-c5ccccc5)cc2B4c2ccccc2N3c2ccccc2)c(C)c1. The highest BCUT2D eigenvalue weighted by atomic mass is 15.2. The van der Waals surface area contributed by atoms with Crippen LogP contribution in [0.2, 0.25) is 0 Å². The van der Waals surface area contributed by atoms with Crippen molar-refractivity contribution in [3.05, 3.63) is 367 Å². The van der Waals surface area contributed by atoms with Gasteiger partial charge in [0.1, 0.15) is 0 Å². The summed E-state index contributed by atoms with van der Waals surface area (Å²) in [7, 11) is 0. The van der Waals surface area contributed by atoms with Crippen molar-refractivity contribution in [3.63, 3.8) is 0 Å². The van der Waals surface area contributed by atoms with E-state index >= 15 is 0 Å². The maximum absolute atomic E-state index is 2.53. The molecule has 0 fully saturated rings. The lowest BCUT2D eigenvalue weighted by Gasteiger charge is -2.44. The lowest BCUT2D eigenvalue weighted by Crippen LogP contribution is -2.61. The van der Waals surface area contributed by atoms with Gasteiger partial charge in [-0.3, -0.25) is 0 Å². The Labute approximate surface area is 604 Å². The van der Waals surface area contributed by atoms with E-state index < -0.39 is 0 Å². The summed E-state index contributed by atoms with van der Waals surface area (Å²) in [6.07, 6.45) is 0. The molecule has 0 radical (unpaired) electrons. The molecule has 7 heteroatoms. The first-order valence-corrected chi connectivity index (χ1v) is 36.0. The number of fused-ring (bicyclic) bond motifs is 11. The number of nitrogens with zero attached hydrogens (tertiary/aromatic N) is 5. The first-order valence-electron chi connectivity index (χ1n) is 36.0. The Morgan fingerprint density at radius 3 is 0.981 bits per heavy atom. The molecule has 0 atom stereocenters. The number of para-hydroxylation sites is 8. The van der Waals surface area contributed by atoms with Crippen LogP contribution in [-0.4, -0.2) is 18.0 Å². The molecule has 0 saturated heterocycles. The average molecular weight is 1320 g/mol. The summed E-state index contributed by atoms with van der Waals surface area (Å²) in [4.78, 5) is 10.0. The van der Waals surface area contributed by atoms with E-state index in [9.17, 15) is 0 Å². The quantitative estimate of drug-likeness (QED) is 0.141. The van der Waals surface area contributed by atoms with Crippen LogP contribution in [0.5, 0.6) is 0 Å². The van der Waals surface area contributed by atoms with Crippen molar-refractivity contribution in [1.29, 1.82) is 0 Å². The van der Waals surface area contributed by atoms with E-state index in [2.05, 4.69) is 399 Å². The minimum absolute atomic E-state index is 0.0394. The second kappa shape index (κ2) is 24.7. The van der Waals surface area contributed by atoms with Crippen molar-refractivity contribution in [2.24, 2.45) is 0 Å². The Morgan fingerprint density at radius 2 is 0.553 bits per heavy atom. The molecule has 15 aromatic carbocycles. The highest BCUT2D eigenvalue weighted by molar-refractivity contribution is 7.01. The molecule has 5 nitrogen and oxygen atoms in total. The molecule has 488 valence electrons. The van der Waals surface area contributed by atoms with Gasteiger partial charge < -0.3 is 24.2 Å². The van der Waals surface area contributed by atoms with Gasteiger partial charge in [-0.2, -0.15) is 0 Å². The predicted octanol–water partition coefficient (Wildman–Crippen LogP) is 21.5. The van der Waals surface area contributed by atoms with Crippen LogP contribution in [-0.2, 0) is 0 Å². The number of aryl methyl sites for hydroxylation is 6. The van der Waals surface area contributed by atoms with Crippen molar-refractivity contribution in [1.82, 2.24) is 4.57 Å². The summed E-state index contributed by atoms with van der Waals surface area (Å²) >= 11 is 0. The van der Waals surface area contributed by atoms with Gasteiger partial charge in [0.15, 0.2) is 0 Å². The molecule has 103 heavy (non-hydrogen) atoms. The summed E-state index contributed by atoms with van der Waals surface area (Å²) in [6, 6.07) is 123. The van der Waals surface area contributed by atoms with E-state index in [4.69, 9.17) is 0 Å². The lowest BCUT2D eigenvalue weighted by molar-refractivity contribution is 1.17. The minimum atomic E-state index is 0.0394. The summed E-state index contributed by atoms with van der Waals surface area (Å²) in [5.74, 6) is 0. The van der Waals surface area contributed by atoms with Gasteiger partial charge in [0.05, 0.1) is 11.0 Å². The van der Waals surface area contributed by atoms with Crippen molar-refractivity contribution < 1.29 is 0 Å². The van der Waals surface area contributed by atoms with Crippen molar-refractivity contribution in [3.8, 4) is 39.1 Å². The zero-order valence-electron chi connectivity index (χ0n) is 58.6. The second-order valence-electron chi connectivity index (χ2n) is 28.3. The van der Waals surface area contributed by atoms with Crippen LogP contribution < -0.4 is 52.4 Å². The molecule has 5 heterocycles. The normalized spacial score (nSPS) is 12.8. The number of rotatable bonds is 8. The van der Waals surface area contributed by atoms with Gasteiger partial charge in [-0.25, -0.2) is 0 Å². The second-order valence-corrected chi connectivity index (χ2v) is 28.3. The minimum Gasteiger partial charge on any atom is -0.311 e. The Morgan fingerprint density at radius 1 is 0.214 bits per heavy atom. The molecular formula is C96H73B2N5. The topological polar surface area (TPSA) is 17.9 Å². The van der Waals surface area contributed by atoms with E-state index in [1.165, 1.54) is 167 Å². The summed E-state index contributed by atoms with van der Waals surface area (Å²) in [5.41, 5.74) is 41.2. The Bertz CT molecular complexity index is 5930. The third kappa shape index (κ3) is 10.0. The lowest BCUT2D eigenvalue weighted by atomic mass is 9.33. The standard InChI is InChI=1S/C51H38BN3.C45H35BN2/c1-33-28-34(2)50(35(3)29-33)36-30-48-51-49(31-36)54(38-18-8-5-9-19-38)47-32-39(55-44-23-13-10-20-40(44)41-21-11-14-24-45(41)55)26-27-43(47)52(51)42-22-12-15-25-46(42)53(48)37-16-6-4-7-17-37;1-30-25-31(2)44(32(3)26-30)35-28-42-45-43(29-35)48(37-19-11-6-12-20-37)41-24-23-34(33-15-7-4-8-16-33)27-39(41)46(45)38-21-13-14-22-40(38)47(42)36-17-9-5-10-18-36/h4-32H,1-3H3;4-29H,1-3H3. The fourth-order valence-corrected chi connectivity index (χ4v) is 18.0. The van der Waals surface area contributed by atoms with Crippen molar-refractivity contribution in [2.75, 3.05) is 19.6 Å². The van der Waals surface area contributed by atoms with Gasteiger partial charge >= 0.3 is 0 Å². The van der Waals surface area contributed by atoms with Crippen molar-refractivity contribution in [2.45, 2.75) is 41.5 Å². The molecule has 0 amide bonds. The molecule has 0 saturated carbocycles. The van der Waals surface area contributed by atoms with Crippen LogP contribution in [0.15, 0.2) is 334 Å². The van der Waals surface area contributed by atoms with Crippen LogP contribution in [0.3, 0.4) is 0 Å². The zero-order valence-corrected chi connectivity index (χ0v) is 58.6. The summed E-state index contributed by atoms with van der Waals surface area (Å²) < 4.78 is 2.44. The molecule has 0 N–H and O–H groups in total. The Hall–Kier alpha value is -12.6. The third-order valence-electron chi connectivity index (χ3n) is 21.9. The first kappa shape index (κ1) is 61.5. The van der Waals surface area contributed by atoms with Crippen molar-refractivity contribution >= 4 is 136 Å². The summed E-state index contributed by atoms with van der Waals surface area (Å²) in [5, 5.41) is 2.53. The predicted molar refractivity (Wildman–Crippen MR) is 440 cm³/mol. The number of hydrogen-bond acceptors (Lipinski definition) is 4. The number of benzene rings is 15. The van der Waals surface area contributed by atoms with E-state index in [1.807, 2.05) is 0 Å². The van der Waals surface area contributed by atoms with Crippen LogP contribution in [0.25, 0.3) is 60.9 Å². The highest BCUT2D eigenvalue weighted by Gasteiger charge is 2.46. The van der Waals surface area contributed by atoms with E-state index in [0.717, 1.165) is 28.4 Å². The van der Waals surface area contributed by atoms with E-state index in [0.29, 0.717) is 0 Å². The molecule has 0 spiro atoms. The van der Waals surface area contributed by atoms with Crippen LogP contribution in [0, 0.1) is 41.5 Å². The number of anilines is 12. The van der Waals surface area contributed by atoms with Crippen LogP contribution >= 0.6 is 0 Å². The first-order chi connectivity index (χ1) is 50.6. The zero-order chi connectivity index (χ0) is 69.1. The molecule has 1 aromatic heterocycles. The molecule has 20 rings (SSSR count). The van der Waals surface area contributed by atoms with Crippen LogP contribution in [0.4, 0.5) is 68.2 Å². The molecule has 4 aliphatic heterocycles. The fourth-order valence-electron chi connectivity index (χ4n) is 18.0. The molecule has 0 aliphatic carbocycles.